The van der Waals surface area contributed by atoms with Crippen molar-refractivity contribution in [2.75, 3.05) is 12.3 Å². The lowest BCUT2D eigenvalue weighted by atomic mass is 10.1. The van der Waals surface area contributed by atoms with E-state index < -0.39 is 10.0 Å². The van der Waals surface area contributed by atoms with E-state index in [1.807, 2.05) is 6.07 Å². The van der Waals surface area contributed by atoms with Crippen LogP contribution in [0.25, 0.3) is 0 Å². The predicted molar refractivity (Wildman–Crippen MR) is 68.1 cm³/mol. The van der Waals surface area contributed by atoms with Crippen LogP contribution in [0.2, 0.25) is 0 Å². The van der Waals surface area contributed by atoms with Gasteiger partial charge in [-0.15, -0.1) is 0 Å². The maximum absolute atomic E-state index is 13.5. The van der Waals surface area contributed by atoms with Crippen molar-refractivity contribution in [1.82, 2.24) is 5.32 Å². The zero-order valence-corrected chi connectivity index (χ0v) is 10.8. The Morgan fingerprint density at radius 3 is 2.94 bits per heavy atom. The minimum Gasteiger partial charge on any atom is -0.310 e. The second kappa shape index (κ2) is 5.34. The number of primary sulfonamides is 1. The first-order valence-electron chi connectivity index (χ1n) is 5.98. The van der Waals surface area contributed by atoms with Crippen molar-refractivity contribution in [3.05, 3.63) is 35.1 Å². The first-order chi connectivity index (χ1) is 8.47. The van der Waals surface area contributed by atoms with Crippen LogP contribution in [0.5, 0.6) is 0 Å². The monoisotopic (exact) mass is 272 g/mol. The second-order valence-corrected chi connectivity index (χ2v) is 6.31. The average Bonchev–Trinajstić information content (AvgIpc) is 2.68. The quantitative estimate of drug-likeness (QED) is 0.788. The Balaban J connectivity index is 1.89. The molecule has 0 radical (unpaired) electrons. The molecule has 1 aliphatic carbocycles. The third kappa shape index (κ3) is 3.28. The Bertz CT molecular complexity index is 531. The average molecular weight is 272 g/mol. The number of nitrogens with one attached hydrogen (secondary N) is 1. The lowest BCUT2D eigenvalue weighted by Gasteiger charge is -2.13. The molecule has 100 valence electrons. The highest BCUT2D eigenvalue weighted by molar-refractivity contribution is 7.89. The van der Waals surface area contributed by atoms with Crippen LogP contribution in [0, 0.1) is 5.82 Å². The zero-order chi connectivity index (χ0) is 13.2. The maximum Gasteiger partial charge on any atom is 0.209 e. The molecule has 18 heavy (non-hydrogen) atoms. The molecule has 1 aromatic rings. The molecule has 0 aliphatic heterocycles. The Hall–Kier alpha value is -0.980. The summed E-state index contributed by atoms with van der Waals surface area (Å²) >= 11 is 0. The first-order valence-corrected chi connectivity index (χ1v) is 7.70. The van der Waals surface area contributed by atoms with Crippen LogP contribution in [0.4, 0.5) is 4.39 Å². The molecule has 0 aromatic heterocycles. The van der Waals surface area contributed by atoms with Gasteiger partial charge in [-0.2, -0.15) is 0 Å². The molecule has 1 unspecified atom stereocenters. The maximum atomic E-state index is 13.5. The smallest absolute Gasteiger partial charge is 0.209 e. The fourth-order valence-corrected chi connectivity index (χ4v) is 2.92. The van der Waals surface area contributed by atoms with E-state index in [9.17, 15) is 12.8 Å². The van der Waals surface area contributed by atoms with Gasteiger partial charge in [0.25, 0.3) is 0 Å². The van der Waals surface area contributed by atoms with E-state index >= 15 is 0 Å². The van der Waals surface area contributed by atoms with E-state index in [-0.39, 0.29) is 17.6 Å². The molecule has 3 N–H and O–H groups in total. The van der Waals surface area contributed by atoms with Gasteiger partial charge in [-0.1, -0.05) is 12.1 Å². The summed E-state index contributed by atoms with van der Waals surface area (Å²) in [7, 11) is -3.39. The van der Waals surface area contributed by atoms with Crippen molar-refractivity contribution in [1.29, 1.82) is 0 Å². The van der Waals surface area contributed by atoms with Gasteiger partial charge in [-0.3, -0.25) is 0 Å². The largest absolute Gasteiger partial charge is 0.310 e. The molecule has 1 atom stereocenters. The summed E-state index contributed by atoms with van der Waals surface area (Å²) in [5, 5.41) is 8.17. The summed E-state index contributed by atoms with van der Waals surface area (Å²) in [6, 6.07) is 5.22. The molecule has 6 heteroatoms. The minimum absolute atomic E-state index is 0.0251. The third-order valence-electron chi connectivity index (χ3n) is 3.21. The highest BCUT2D eigenvalue weighted by Gasteiger charge is 2.23. The van der Waals surface area contributed by atoms with Crippen LogP contribution in [-0.2, 0) is 16.4 Å². The van der Waals surface area contributed by atoms with Gasteiger partial charge in [0.1, 0.15) is 5.82 Å². The number of nitrogens with two attached hydrogens (primary N) is 1. The Morgan fingerprint density at radius 2 is 2.22 bits per heavy atom. The SMILES string of the molecule is NS(=O)(=O)CCCNC1CCc2c(F)cccc21. The molecule has 0 spiro atoms. The van der Waals surface area contributed by atoms with Crippen LogP contribution in [-0.4, -0.2) is 20.7 Å². The van der Waals surface area contributed by atoms with Crippen molar-refractivity contribution in [3.8, 4) is 0 Å². The normalized spacial score (nSPS) is 18.9. The zero-order valence-electron chi connectivity index (χ0n) is 10.0. The molecular weight excluding hydrogens is 255 g/mol. The number of hydrogen-bond acceptors (Lipinski definition) is 3. The van der Waals surface area contributed by atoms with E-state index in [4.69, 9.17) is 5.14 Å². The van der Waals surface area contributed by atoms with Gasteiger partial charge in [0.05, 0.1) is 5.75 Å². The van der Waals surface area contributed by atoms with Gasteiger partial charge < -0.3 is 5.32 Å². The Kier molecular flexibility index (Phi) is 3.99. The lowest BCUT2D eigenvalue weighted by Crippen LogP contribution is -2.24. The van der Waals surface area contributed by atoms with Gasteiger partial charge >= 0.3 is 0 Å². The van der Waals surface area contributed by atoms with Gasteiger partial charge in [-0.05, 0) is 43.0 Å². The van der Waals surface area contributed by atoms with E-state index in [0.29, 0.717) is 13.0 Å². The summed E-state index contributed by atoms with van der Waals surface area (Å²) in [5.74, 6) is -0.177. The molecule has 1 aliphatic rings. The molecule has 0 fully saturated rings. The van der Waals surface area contributed by atoms with Gasteiger partial charge in [0, 0.05) is 6.04 Å². The van der Waals surface area contributed by atoms with Crippen molar-refractivity contribution >= 4 is 10.0 Å². The standard InChI is InChI=1S/C12H17FN2O2S/c13-11-4-1-3-10-9(11)5-6-12(10)15-7-2-8-18(14,16)17/h1,3-4,12,15H,2,5-8H2,(H2,14,16,17). The summed E-state index contributed by atoms with van der Waals surface area (Å²) in [4.78, 5) is 0. The van der Waals surface area contributed by atoms with Gasteiger partial charge in [-0.25, -0.2) is 17.9 Å². The summed E-state index contributed by atoms with van der Waals surface area (Å²) in [6.07, 6.45) is 2.06. The van der Waals surface area contributed by atoms with E-state index in [0.717, 1.165) is 24.0 Å². The van der Waals surface area contributed by atoms with Crippen LogP contribution in [0.1, 0.15) is 30.0 Å². The fraction of sp³-hybridized carbons (Fsp3) is 0.500. The van der Waals surface area contributed by atoms with Gasteiger partial charge in [0.2, 0.25) is 10.0 Å². The molecule has 0 bridgehead atoms. The number of sulfonamides is 1. The van der Waals surface area contributed by atoms with Crippen molar-refractivity contribution in [2.24, 2.45) is 5.14 Å². The van der Waals surface area contributed by atoms with Crippen molar-refractivity contribution in [3.63, 3.8) is 0 Å². The van der Waals surface area contributed by atoms with E-state index in [1.165, 1.54) is 6.07 Å². The fourth-order valence-electron chi connectivity index (χ4n) is 2.37. The lowest BCUT2D eigenvalue weighted by molar-refractivity contribution is 0.526. The van der Waals surface area contributed by atoms with Crippen molar-refractivity contribution < 1.29 is 12.8 Å². The number of halogens is 1. The highest BCUT2D eigenvalue weighted by Crippen LogP contribution is 2.32. The number of benzene rings is 1. The number of hydrogen-bond donors (Lipinski definition) is 2. The Morgan fingerprint density at radius 1 is 1.44 bits per heavy atom. The molecule has 1 aromatic carbocycles. The third-order valence-corrected chi connectivity index (χ3v) is 4.07. The molecule has 0 amide bonds. The molecular formula is C12H17FN2O2S. The molecule has 2 rings (SSSR count). The molecule has 0 saturated heterocycles. The minimum atomic E-state index is -3.39. The predicted octanol–water partition coefficient (Wildman–Crippen LogP) is 1.08. The number of rotatable bonds is 5. The second-order valence-electron chi connectivity index (χ2n) is 4.57. The molecule has 0 saturated carbocycles. The summed E-state index contributed by atoms with van der Waals surface area (Å²) < 4.78 is 35.0. The topological polar surface area (TPSA) is 72.2 Å². The molecule has 0 heterocycles. The van der Waals surface area contributed by atoms with Crippen LogP contribution >= 0.6 is 0 Å². The summed E-state index contributed by atoms with van der Waals surface area (Å²) in [5.41, 5.74) is 1.77. The number of fused-ring (bicyclic) bond motifs is 1. The van der Waals surface area contributed by atoms with Gasteiger partial charge in [0.15, 0.2) is 0 Å². The first kappa shape index (κ1) is 13.5. The molecule has 4 nitrogen and oxygen atoms in total. The summed E-state index contributed by atoms with van der Waals surface area (Å²) in [6.45, 7) is 0.567. The van der Waals surface area contributed by atoms with Crippen LogP contribution < -0.4 is 10.5 Å². The van der Waals surface area contributed by atoms with E-state index in [2.05, 4.69) is 5.32 Å². The van der Waals surface area contributed by atoms with Crippen LogP contribution in [0.15, 0.2) is 18.2 Å². The Labute approximate surface area is 106 Å². The highest BCUT2D eigenvalue weighted by atomic mass is 32.2. The van der Waals surface area contributed by atoms with Crippen LogP contribution in [0.3, 0.4) is 0 Å². The van der Waals surface area contributed by atoms with Crippen molar-refractivity contribution in [2.45, 2.75) is 25.3 Å². The van der Waals surface area contributed by atoms with E-state index in [1.54, 1.807) is 6.07 Å².